The average molecular weight is 447 g/mol. The Kier molecular flexibility index (Phi) is 4.49. The molecule has 1 heterocycles. The van der Waals surface area contributed by atoms with E-state index >= 15 is 0 Å². The van der Waals surface area contributed by atoms with Gasteiger partial charge in [-0.05, 0) is 45.0 Å². The van der Waals surface area contributed by atoms with E-state index < -0.39 is 0 Å². The molecule has 0 spiro atoms. The number of hydrogen-bond acceptors (Lipinski definition) is 1. The first-order valence-corrected chi connectivity index (χ1v) is 11.9. The van der Waals surface area contributed by atoms with Crippen LogP contribution in [0.3, 0.4) is 0 Å². The standard InChI is InChI=1S/C33H22N2/c1-2-11-23(12-3-1)33-34-21-22-35(33)31-20-10-19-30-28-16-7-6-15-26(28)24-13-4-5-14-25(24)27-17-8-9-18-29(27)32(30)31/h1-22H. The second kappa shape index (κ2) is 7.96. The summed E-state index contributed by atoms with van der Waals surface area (Å²) in [6.07, 6.45) is 3.96. The van der Waals surface area contributed by atoms with Crippen LogP contribution < -0.4 is 0 Å². The SMILES string of the molecule is c1ccc(-c2nccn2-c2cccc3c2-c2ccccc2-c2ccccc2-c2ccccc2-3)cc1. The average Bonchev–Trinajstić information content (AvgIpc) is 3.42. The molecule has 0 radical (unpaired) electrons. The number of fused-ring (bicyclic) bond motifs is 8. The zero-order valence-corrected chi connectivity index (χ0v) is 19.1. The molecule has 2 nitrogen and oxygen atoms in total. The Bertz CT molecular complexity index is 1690. The quantitative estimate of drug-likeness (QED) is 0.260. The summed E-state index contributed by atoms with van der Waals surface area (Å²) >= 11 is 0. The number of imidazole rings is 1. The molecule has 7 rings (SSSR count). The van der Waals surface area contributed by atoms with Gasteiger partial charge in [-0.15, -0.1) is 0 Å². The van der Waals surface area contributed by atoms with E-state index in [9.17, 15) is 0 Å². The van der Waals surface area contributed by atoms with Crippen LogP contribution in [0.25, 0.3) is 61.6 Å². The molecule has 1 aliphatic rings. The van der Waals surface area contributed by atoms with Crippen LogP contribution in [0, 0.1) is 0 Å². The molecule has 6 aromatic rings. The molecule has 0 atom stereocenters. The maximum Gasteiger partial charge on any atom is 0.144 e. The highest BCUT2D eigenvalue weighted by atomic mass is 15.1. The van der Waals surface area contributed by atoms with Gasteiger partial charge in [0.2, 0.25) is 0 Å². The van der Waals surface area contributed by atoms with Crippen LogP contribution in [0.15, 0.2) is 134 Å². The van der Waals surface area contributed by atoms with Crippen molar-refractivity contribution in [3.8, 4) is 61.6 Å². The van der Waals surface area contributed by atoms with Crippen molar-refractivity contribution >= 4 is 0 Å². The van der Waals surface area contributed by atoms with E-state index in [4.69, 9.17) is 4.98 Å². The predicted octanol–water partition coefficient (Wildman–Crippen LogP) is 8.52. The minimum absolute atomic E-state index is 0.937. The van der Waals surface area contributed by atoms with Crippen LogP contribution in [0.5, 0.6) is 0 Å². The first-order valence-electron chi connectivity index (χ1n) is 11.9. The highest BCUT2D eigenvalue weighted by Gasteiger charge is 2.24. The van der Waals surface area contributed by atoms with Crippen molar-refractivity contribution in [2.75, 3.05) is 0 Å². The zero-order valence-electron chi connectivity index (χ0n) is 19.1. The Morgan fingerprint density at radius 2 is 0.914 bits per heavy atom. The van der Waals surface area contributed by atoms with E-state index in [1.165, 1.54) is 44.5 Å². The van der Waals surface area contributed by atoms with Crippen molar-refractivity contribution in [2.45, 2.75) is 0 Å². The Hall–Kier alpha value is -4.69. The molecule has 0 unspecified atom stereocenters. The molecule has 0 saturated carbocycles. The van der Waals surface area contributed by atoms with Gasteiger partial charge >= 0.3 is 0 Å². The molecule has 0 amide bonds. The topological polar surface area (TPSA) is 17.8 Å². The lowest BCUT2D eigenvalue weighted by Gasteiger charge is -2.25. The molecule has 35 heavy (non-hydrogen) atoms. The zero-order chi connectivity index (χ0) is 23.2. The highest BCUT2D eigenvalue weighted by molar-refractivity contribution is 6.05. The molecule has 0 fully saturated rings. The Morgan fingerprint density at radius 1 is 0.429 bits per heavy atom. The van der Waals surface area contributed by atoms with Crippen molar-refractivity contribution in [1.82, 2.24) is 9.55 Å². The van der Waals surface area contributed by atoms with Crippen LogP contribution in [0.2, 0.25) is 0 Å². The minimum Gasteiger partial charge on any atom is -0.299 e. The third-order valence-corrected chi connectivity index (χ3v) is 6.90. The summed E-state index contributed by atoms with van der Waals surface area (Å²) in [7, 11) is 0. The maximum absolute atomic E-state index is 4.75. The van der Waals surface area contributed by atoms with Gasteiger partial charge in [0.15, 0.2) is 0 Å². The van der Waals surface area contributed by atoms with Gasteiger partial charge < -0.3 is 0 Å². The Morgan fingerprint density at radius 3 is 1.54 bits per heavy atom. The number of aromatic nitrogens is 2. The van der Waals surface area contributed by atoms with Gasteiger partial charge in [-0.1, -0.05) is 115 Å². The number of hydrogen-bond donors (Lipinski definition) is 0. The Labute approximate surface area is 204 Å². The van der Waals surface area contributed by atoms with Gasteiger partial charge in [0.05, 0.1) is 5.69 Å². The first kappa shape index (κ1) is 19.7. The van der Waals surface area contributed by atoms with Gasteiger partial charge in [-0.25, -0.2) is 4.98 Å². The van der Waals surface area contributed by atoms with Gasteiger partial charge in [-0.3, -0.25) is 4.57 Å². The number of nitrogens with zero attached hydrogens (tertiary/aromatic N) is 2. The van der Waals surface area contributed by atoms with E-state index in [0.717, 1.165) is 17.1 Å². The summed E-state index contributed by atoms with van der Waals surface area (Å²) in [5, 5.41) is 0. The second-order valence-corrected chi connectivity index (χ2v) is 8.82. The van der Waals surface area contributed by atoms with Gasteiger partial charge in [0.1, 0.15) is 5.82 Å². The molecule has 0 N–H and O–H groups in total. The Balaban J connectivity index is 1.61. The highest BCUT2D eigenvalue weighted by Crippen LogP contribution is 2.49. The molecular weight excluding hydrogens is 424 g/mol. The molecule has 1 aromatic heterocycles. The van der Waals surface area contributed by atoms with Crippen molar-refractivity contribution in [2.24, 2.45) is 0 Å². The van der Waals surface area contributed by atoms with Gasteiger partial charge in [0.25, 0.3) is 0 Å². The largest absolute Gasteiger partial charge is 0.299 e. The molecule has 0 aliphatic heterocycles. The summed E-state index contributed by atoms with van der Waals surface area (Å²) in [6.45, 7) is 0. The van der Waals surface area contributed by atoms with E-state index in [1.807, 2.05) is 12.3 Å². The fourth-order valence-electron chi connectivity index (χ4n) is 5.39. The van der Waals surface area contributed by atoms with E-state index in [1.54, 1.807) is 0 Å². The summed E-state index contributed by atoms with van der Waals surface area (Å²) < 4.78 is 2.22. The summed E-state index contributed by atoms with van der Waals surface area (Å²) in [4.78, 5) is 4.75. The lowest BCUT2D eigenvalue weighted by Crippen LogP contribution is -2.03. The summed E-state index contributed by atoms with van der Waals surface area (Å²) in [5.41, 5.74) is 12.2. The van der Waals surface area contributed by atoms with Crippen LogP contribution in [0.1, 0.15) is 0 Å². The van der Waals surface area contributed by atoms with Crippen molar-refractivity contribution < 1.29 is 0 Å². The van der Waals surface area contributed by atoms with Gasteiger partial charge in [-0.2, -0.15) is 0 Å². The molecule has 164 valence electrons. The second-order valence-electron chi connectivity index (χ2n) is 8.82. The van der Waals surface area contributed by atoms with Crippen LogP contribution in [-0.4, -0.2) is 9.55 Å². The van der Waals surface area contributed by atoms with Crippen molar-refractivity contribution in [3.63, 3.8) is 0 Å². The smallest absolute Gasteiger partial charge is 0.144 e. The lowest BCUT2D eigenvalue weighted by molar-refractivity contribution is 1.07. The molecule has 5 aromatic carbocycles. The van der Waals surface area contributed by atoms with Gasteiger partial charge in [0, 0.05) is 23.5 Å². The van der Waals surface area contributed by atoms with Crippen molar-refractivity contribution in [1.29, 1.82) is 0 Å². The van der Waals surface area contributed by atoms with E-state index in [2.05, 4.69) is 126 Å². The molecule has 0 saturated heterocycles. The number of benzene rings is 5. The third-order valence-electron chi connectivity index (χ3n) is 6.90. The maximum atomic E-state index is 4.75. The molecule has 1 aliphatic carbocycles. The third kappa shape index (κ3) is 3.08. The molecule has 0 bridgehead atoms. The van der Waals surface area contributed by atoms with Crippen LogP contribution in [0.4, 0.5) is 0 Å². The minimum atomic E-state index is 0.937. The fraction of sp³-hybridized carbons (Fsp3) is 0. The fourth-order valence-corrected chi connectivity index (χ4v) is 5.39. The summed E-state index contributed by atoms with van der Waals surface area (Å²) in [6, 6.07) is 43.3. The lowest BCUT2D eigenvalue weighted by atomic mass is 9.80. The van der Waals surface area contributed by atoms with E-state index in [-0.39, 0.29) is 0 Å². The molecule has 2 heteroatoms. The van der Waals surface area contributed by atoms with Crippen LogP contribution in [-0.2, 0) is 0 Å². The number of rotatable bonds is 2. The normalized spacial score (nSPS) is 11.4. The van der Waals surface area contributed by atoms with Crippen LogP contribution >= 0.6 is 0 Å². The van der Waals surface area contributed by atoms with E-state index in [0.29, 0.717) is 0 Å². The monoisotopic (exact) mass is 446 g/mol. The molecular formula is C33H22N2. The summed E-state index contributed by atoms with van der Waals surface area (Å²) in [5.74, 6) is 0.937. The predicted molar refractivity (Wildman–Crippen MR) is 144 cm³/mol. The first-order chi connectivity index (χ1) is 17.4. The van der Waals surface area contributed by atoms with Crippen molar-refractivity contribution in [3.05, 3.63) is 134 Å².